The van der Waals surface area contributed by atoms with E-state index in [1.807, 2.05) is 12.1 Å². The summed E-state index contributed by atoms with van der Waals surface area (Å²) in [5, 5.41) is 4.55. The highest BCUT2D eigenvalue weighted by molar-refractivity contribution is 7.18. The first-order valence-electron chi connectivity index (χ1n) is 8.83. The van der Waals surface area contributed by atoms with Crippen LogP contribution in [0.25, 0.3) is 15.9 Å². The van der Waals surface area contributed by atoms with Crippen molar-refractivity contribution in [1.29, 1.82) is 0 Å². The second-order valence-electron chi connectivity index (χ2n) is 6.65. The SMILES string of the molecule is COCCNc1nc2sc3c(c2c(=O)n1-c1cccc(Cl)c1)CCN(C)C3. The number of hydrogen-bond acceptors (Lipinski definition) is 6. The van der Waals surface area contributed by atoms with Gasteiger partial charge in [0.1, 0.15) is 4.83 Å². The minimum atomic E-state index is -0.0516. The lowest BCUT2D eigenvalue weighted by molar-refractivity contribution is 0.210. The third-order valence-electron chi connectivity index (χ3n) is 4.72. The average Bonchev–Trinajstić information content (AvgIpc) is 2.99. The molecule has 2 aromatic heterocycles. The lowest BCUT2D eigenvalue weighted by Gasteiger charge is -2.21. The molecule has 0 atom stereocenters. The highest BCUT2D eigenvalue weighted by atomic mass is 35.5. The molecule has 0 saturated carbocycles. The number of halogens is 1. The quantitative estimate of drug-likeness (QED) is 0.662. The van der Waals surface area contributed by atoms with Gasteiger partial charge in [-0.2, -0.15) is 0 Å². The maximum absolute atomic E-state index is 13.5. The fourth-order valence-electron chi connectivity index (χ4n) is 3.41. The Kier molecular flexibility index (Phi) is 5.19. The van der Waals surface area contributed by atoms with Crippen molar-refractivity contribution < 1.29 is 4.74 Å². The van der Waals surface area contributed by atoms with E-state index in [1.165, 1.54) is 4.88 Å². The number of hydrogen-bond donors (Lipinski definition) is 1. The van der Waals surface area contributed by atoms with Gasteiger partial charge in [-0.05, 0) is 37.2 Å². The molecule has 8 heteroatoms. The average molecular weight is 405 g/mol. The second kappa shape index (κ2) is 7.59. The minimum absolute atomic E-state index is 0.0516. The molecule has 1 aromatic carbocycles. The van der Waals surface area contributed by atoms with Crippen LogP contribution in [0, 0.1) is 0 Å². The van der Waals surface area contributed by atoms with E-state index >= 15 is 0 Å². The maximum Gasteiger partial charge on any atom is 0.268 e. The lowest BCUT2D eigenvalue weighted by atomic mass is 10.1. The molecule has 6 nitrogen and oxygen atoms in total. The molecule has 0 unspecified atom stereocenters. The van der Waals surface area contributed by atoms with E-state index in [2.05, 4.69) is 17.3 Å². The number of anilines is 1. The highest BCUT2D eigenvalue weighted by Gasteiger charge is 2.24. The van der Waals surface area contributed by atoms with Crippen molar-refractivity contribution in [3.8, 4) is 5.69 Å². The molecule has 0 aliphatic carbocycles. The summed E-state index contributed by atoms with van der Waals surface area (Å²) in [6.45, 7) is 2.89. The summed E-state index contributed by atoms with van der Waals surface area (Å²) in [5.41, 5.74) is 1.80. The molecule has 0 fully saturated rings. The van der Waals surface area contributed by atoms with E-state index in [1.54, 1.807) is 35.1 Å². The van der Waals surface area contributed by atoms with Crippen LogP contribution in [0.5, 0.6) is 0 Å². The van der Waals surface area contributed by atoms with Crippen molar-refractivity contribution in [3.63, 3.8) is 0 Å². The Hall–Kier alpha value is -1.93. The molecule has 142 valence electrons. The zero-order chi connectivity index (χ0) is 19.0. The van der Waals surface area contributed by atoms with Crippen LogP contribution in [-0.4, -0.2) is 48.3 Å². The van der Waals surface area contributed by atoms with E-state index in [-0.39, 0.29) is 5.56 Å². The van der Waals surface area contributed by atoms with Crippen LogP contribution in [0.1, 0.15) is 10.4 Å². The molecule has 4 rings (SSSR count). The molecule has 1 N–H and O–H groups in total. The van der Waals surface area contributed by atoms with Gasteiger partial charge in [0.2, 0.25) is 5.95 Å². The second-order valence-corrected chi connectivity index (χ2v) is 8.17. The first kappa shape index (κ1) is 18.4. The van der Waals surface area contributed by atoms with E-state index in [0.717, 1.165) is 35.3 Å². The topological polar surface area (TPSA) is 59.4 Å². The van der Waals surface area contributed by atoms with Gasteiger partial charge in [0.05, 0.1) is 17.7 Å². The maximum atomic E-state index is 13.5. The third-order valence-corrected chi connectivity index (χ3v) is 6.07. The Morgan fingerprint density at radius 3 is 3.04 bits per heavy atom. The largest absolute Gasteiger partial charge is 0.383 e. The first-order valence-corrected chi connectivity index (χ1v) is 10.0. The summed E-state index contributed by atoms with van der Waals surface area (Å²) in [5.74, 6) is 0.513. The van der Waals surface area contributed by atoms with E-state index in [4.69, 9.17) is 21.3 Å². The minimum Gasteiger partial charge on any atom is -0.383 e. The first-order chi connectivity index (χ1) is 13.1. The fourth-order valence-corrected chi connectivity index (χ4v) is 4.88. The van der Waals surface area contributed by atoms with Crippen LogP contribution < -0.4 is 10.9 Å². The third kappa shape index (κ3) is 3.48. The van der Waals surface area contributed by atoms with E-state index in [0.29, 0.717) is 29.8 Å². The summed E-state index contributed by atoms with van der Waals surface area (Å²) in [6.07, 6.45) is 0.870. The van der Waals surface area contributed by atoms with Gasteiger partial charge in [0.25, 0.3) is 5.56 Å². The number of methoxy groups -OCH3 is 1. The lowest BCUT2D eigenvalue weighted by Crippen LogP contribution is -2.28. The number of aromatic nitrogens is 2. The Bertz CT molecular complexity index is 1050. The van der Waals surface area contributed by atoms with E-state index in [9.17, 15) is 4.79 Å². The number of benzene rings is 1. The van der Waals surface area contributed by atoms with Gasteiger partial charge in [0.15, 0.2) is 0 Å². The molecule has 0 amide bonds. The number of thiophene rings is 1. The molecule has 1 aliphatic heterocycles. The van der Waals surface area contributed by atoms with Crippen LogP contribution in [0.2, 0.25) is 5.02 Å². The highest BCUT2D eigenvalue weighted by Crippen LogP contribution is 2.33. The Morgan fingerprint density at radius 1 is 1.41 bits per heavy atom. The van der Waals surface area contributed by atoms with E-state index < -0.39 is 0 Å². The van der Waals surface area contributed by atoms with Crippen molar-refractivity contribution in [2.24, 2.45) is 0 Å². The predicted octanol–water partition coefficient (Wildman–Crippen LogP) is 3.15. The Balaban J connectivity index is 1.93. The van der Waals surface area contributed by atoms with Gasteiger partial charge in [-0.1, -0.05) is 17.7 Å². The number of nitrogens with zero attached hydrogens (tertiary/aromatic N) is 3. The summed E-state index contributed by atoms with van der Waals surface area (Å²) >= 11 is 7.79. The monoisotopic (exact) mass is 404 g/mol. The van der Waals surface area contributed by atoms with Gasteiger partial charge < -0.3 is 15.0 Å². The molecular weight excluding hydrogens is 384 g/mol. The number of fused-ring (bicyclic) bond motifs is 3. The van der Waals surface area contributed by atoms with Gasteiger partial charge in [0, 0.05) is 36.6 Å². The number of ether oxygens (including phenoxy) is 1. The van der Waals surface area contributed by atoms with Crippen LogP contribution in [0.3, 0.4) is 0 Å². The summed E-state index contributed by atoms with van der Waals surface area (Å²) in [4.78, 5) is 22.6. The zero-order valence-corrected chi connectivity index (χ0v) is 16.9. The molecule has 1 aliphatic rings. The molecular formula is C19H21ClN4O2S. The summed E-state index contributed by atoms with van der Waals surface area (Å²) in [7, 11) is 3.74. The molecule has 0 saturated heterocycles. The van der Waals surface area contributed by atoms with Crippen LogP contribution >= 0.6 is 22.9 Å². The smallest absolute Gasteiger partial charge is 0.268 e. The molecule has 0 spiro atoms. The van der Waals surface area contributed by atoms with Crippen molar-refractivity contribution in [2.75, 3.05) is 39.2 Å². The van der Waals surface area contributed by atoms with Gasteiger partial charge in [-0.15, -0.1) is 11.3 Å². The molecule has 3 heterocycles. The van der Waals surface area contributed by atoms with Crippen LogP contribution in [0.4, 0.5) is 5.95 Å². The normalized spacial score (nSPS) is 14.5. The van der Waals surface area contributed by atoms with Crippen LogP contribution in [-0.2, 0) is 17.7 Å². The Labute approximate surface area is 166 Å². The summed E-state index contributed by atoms with van der Waals surface area (Å²) < 4.78 is 6.74. The molecule has 0 radical (unpaired) electrons. The van der Waals surface area contributed by atoms with Gasteiger partial charge in [-0.25, -0.2) is 9.55 Å². The standard InChI is InChI=1S/C19H21ClN4O2S/c1-23-8-6-14-15(11-23)27-17-16(14)18(25)24(13-5-3-4-12(20)10-13)19(22-17)21-7-9-26-2/h3-5,10H,6-9,11H2,1-2H3,(H,21,22). The number of nitrogens with one attached hydrogen (secondary N) is 1. The molecule has 27 heavy (non-hydrogen) atoms. The van der Waals surface area contributed by atoms with Gasteiger partial charge >= 0.3 is 0 Å². The van der Waals surface area contributed by atoms with Crippen molar-refractivity contribution in [3.05, 3.63) is 50.1 Å². The Morgan fingerprint density at radius 2 is 2.26 bits per heavy atom. The molecule has 3 aromatic rings. The summed E-state index contributed by atoms with van der Waals surface area (Å²) in [6, 6.07) is 7.28. The van der Waals surface area contributed by atoms with Gasteiger partial charge in [-0.3, -0.25) is 4.79 Å². The predicted molar refractivity (Wildman–Crippen MR) is 111 cm³/mol. The molecule has 0 bridgehead atoms. The van der Waals surface area contributed by atoms with Crippen molar-refractivity contribution >= 4 is 39.1 Å². The van der Waals surface area contributed by atoms with Crippen molar-refractivity contribution in [1.82, 2.24) is 14.5 Å². The zero-order valence-electron chi connectivity index (χ0n) is 15.3. The fraction of sp³-hybridized carbons (Fsp3) is 0.368. The van der Waals surface area contributed by atoms with Crippen LogP contribution in [0.15, 0.2) is 29.1 Å². The number of likely N-dealkylation sites (N-methyl/N-ethyl adjacent to an activating group) is 1. The van der Waals surface area contributed by atoms with Crippen molar-refractivity contribution in [2.45, 2.75) is 13.0 Å². The number of rotatable bonds is 5.